The molecule has 2 aromatic heterocycles. The maximum absolute atomic E-state index is 12.8. The first kappa shape index (κ1) is 19.7. The van der Waals surface area contributed by atoms with Crippen LogP contribution in [-0.4, -0.2) is 36.1 Å². The highest BCUT2D eigenvalue weighted by atomic mass is 32.2. The first-order valence-corrected chi connectivity index (χ1v) is 10.3. The molecule has 0 aliphatic rings. The van der Waals surface area contributed by atoms with Crippen LogP contribution in [-0.2, 0) is 17.2 Å². The van der Waals surface area contributed by atoms with Crippen LogP contribution in [0.4, 0.5) is 5.82 Å². The van der Waals surface area contributed by atoms with Gasteiger partial charge in [-0.05, 0) is 32.4 Å². The predicted molar refractivity (Wildman–Crippen MR) is 108 cm³/mol. The fourth-order valence-electron chi connectivity index (χ4n) is 2.95. The number of benzene rings is 1. The van der Waals surface area contributed by atoms with E-state index in [2.05, 4.69) is 20.4 Å². The number of nitrogens with one attached hydrogen (secondary N) is 2. The van der Waals surface area contributed by atoms with Crippen molar-refractivity contribution in [3.05, 3.63) is 63.2 Å². The zero-order chi connectivity index (χ0) is 20.4. The van der Waals surface area contributed by atoms with Crippen molar-refractivity contribution in [2.75, 3.05) is 11.6 Å². The first-order valence-electron chi connectivity index (χ1n) is 8.72. The molecule has 0 saturated heterocycles. The van der Waals surface area contributed by atoms with Crippen molar-refractivity contribution in [3.8, 4) is 5.95 Å². The third-order valence-corrected chi connectivity index (χ3v) is 5.25. The monoisotopic (exact) mass is 399 g/mol. The van der Waals surface area contributed by atoms with Gasteiger partial charge in [0.2, 0.25) is 5.95 Å². The van der Waals surface area contributed by atoms with E-state index in [9.17, 15) is 13.8 Å². The van der Waals surface area contributed by atoms with Crippen LogP contribution < -0.4 is 10.9 Å². The molecule has 0 radical (unpaired) electrons. The Kier molecular flexibility index (Phi) is 5.55. The van der Waals surface area contributed by atoms with Gasteiger partial charge in [-0.25, -0.2) is 4.98 Å². The summed E-state index contributed by atoms with van der Waals surface area (Å²) in [6.45, 7) is 5.42. The zero-order valence-electron chi connectivity index (χ0n) is 16.1. The van der Waals surface area contributed by atoms with E-state index in [-0.39, 0.29) is 11.5 Å². The molecule has 2 N–H and O–H groups in total. The lowest BCUT2D eigenvalue weighted by Gasteiger charge is -2.11. The van der Waals surface area contributed by atoms with E-state index in [0.29, 0.717) is 39.6 Å². The van der Waals surface area contributed by atoms with Crippen molar-refractivity contribution in [2.45, 2.75) is 32.1 Å². The highest BCUT2D eigenvalue weighted by molar-refractivity contribution is 7.84. The van der Waals surface area contributed by atoms with Crippen molar-refractivity contribution < 1.29 is 9.00 Å². The van der Waals surface area contributed by atoms with E-state index in [1.54, 1.807) is 44.2 Å². The Morgan fingerprint density at radius 1 is 1.29 bits per heavy atom. The summed E-state index contributed by atoms with van der Waals surface area (Å²) in [6.07, 6.45) is 2.09. The van der Waals surface area contributed by atoms with Crippen LogP contribution in [0.2, 0.25) is 0 Å². The van der Waals surface area contributed by atoms with Crippen LogP contribution in [0.25, 0.3) is 5.95 Å². The van der Waals surface area contributed by atoms with Crippen molar-refractivity contribution >= 4 is 22.5 Å². The molecule has 1 unspecified atom stereocenters. The van der Waals surface area contributed by atoms with Crippen LogP contribution in [0, 0.1) is 13.8 Å². The third kappa shape index (κ3) is 3.79. The van der Waals surface area contributed by atoms with Gasteiger partial charge in [0.25, 0.3) is 11.5 Å². The van der Waals surface area contributed by atoms with Gasteiger partial charge in [-0.1, -0.05) is 19.1 Å². The topological polar surface area (TPSA) is 110 Å². The Bertz CT molecular complexity index is 1130. The Hall–Kier alpha value is -3.07. The highest BCUT2D eigenvalue weighted by Crippen LogP contribution is 2.18. The summed E-state index contributed by atoms with van der Waals surface area (Å²) < 4.78 is 13.3. The van der Waals surface area contributed by atoms with Crippen molar-refractivity contribution in [2.24, 2.45) is 0 Å². The fraction of sp³-hybridized carbons (Fsp3) is 0.263. The summed E-state index contributed by atoms with van der Waals surface area (Å²) in [4.78, 5) is 32.7. The smallest absolute Gasteiger partial charge is 0.258 e. The number of hydrogen-bond donors (Lipinski definition) is 2. The van der Waals surface area contributed by atoms with Crippen molar-refractivity contribution in [1.82, 2.24) is 19.7 Å². The van der Waals surface area contributed by atoms with Gasteiger partial charge in [0, 0.05) is 23.6 Å². The molecule has 146 valence electrons. The summed E-state index contributed by atoms with van der Waals surface area (Å²) in [5.41, 5.74) is 1.94. The fourth-order valence-corrected chi connectivity index (χ4v) is 3.69. The summed E-state index contributed by atoms with van der Waals surface area (Å²) in [5.74, 6) is 0.151. The minimum absolute atomic E-state index is 0.218. The quantitative estimate of drug-likeness (QED) is 0.683. The van der Waals surface area contributed by atoms with E-state index in [1.165, 1.54) is 10.9 Å². The second kappa shape index (κ2) is 7.89. The van der Waals surface area contributed by atoms with Gasteiger partial charge < -0.3 is 5.32 Å². The highest BCUT2D eigenvalue weighted by Gasteiger charge is 2.18. The van der Waals surface area contributed by atoms with Gasteiger partial charge >= 0.3 is 0 Å². The maximum Gasteiger partial charge on any atom is 0.258 e. The summed E-state index contributed by atoms with van der Waals surface area (Å²) in [5, 5.41) is 7.11. The predicted octanol–water partition coefficient (Wildman–Crippen LogP) is 2.12. The average Bonchev–Trinajstić information content (AvgIpc) is 3.01. The Labute approximate surface area is 164 Å². The number of nitrogens with zero attached hydrogens (tertiary/aromatic N) is 3. The first-order chi connectivity index (χ1) is 13.3. The molecule has 0 aliphatic heterocycles. The van der Waals surface area contributed by atoms with E-state index < -0.39 is 16.7 Å². The second-order valence-corrected chi connectivity index (χ2v) is 7.64. The molecular formula is C19H21N5O3S. The number of carbonyl (C=O) groups is 1. The molecule has 0 spiro atoms. The van der Waals surface area contributed by atoms with Gasteiger partial charge in [-0.15, -0.1) is 0 Å². The molecule has 0 aliphatic carbocycles. The van der Waals surface area contributed by atoms with Gasteiger partial charge in [-0.3, -0.25) is 18.8 Å². The van der Waals surface area contributed by atoms with E-state index in [0.717, 1.165) is 0 Å². The average molecular weight is 399 g/mol. The number of aromatic amines is 1. The number of amides is 1. The van der Waals surface area contributed by atoms with Crippen LogP contribution in [0.15, 0.2) is 40.0 Å². The van der Waals surface area contributed by atoms with E-state index in [1.807, 2.05) is 6.92 Å². The molecule has 1 aromatic carbocycles. The largest absolute Gasteiger partial charge is 0.306 e. The molecule has 0 fully saturated rings. The van der Waals surface area contributed by atoms with Gasteiger partial charge in [-0.2, -0.15) is 9.78 Å². The minimum atomic E-state index is -1.31. The number of H-pyrrole nitrogens is 1. The Balaban J connectivity index is 2.02. The number of hydrogen-bond acceptors (Lipinski definition) is 5. The Morgan fingerprint density at radius 2 is 2.00 bits per heavy atom. The maximum atomic E-state index is 12.8. The minimum Gasteiger partial charge on any atom is -0.306 e. The molecule has 9 heteroatoms. The van der Waals surface area contributed by atoms with Crippen LogP contribution in [0.5, 0.6) is 0 Å². The van der Waals surface area contributed by atoms with Crippen LogP contribution >= 0.6 is 0 Å². The summed E-state index contributed by atoms with van der Waals surface area (Å²) >= 11 is 0. The number of anilines is 1. The third-order valence-electron chi connectivity index (χ3n) is 4.28. The Morgan fingerprint density at radius 3 is 2.64 bits per heavy atom. The van der Waals surface area contributed by atoms with E-state index in [4.69, 9.17) is 0 Å². The zero-order valence-corrected chi connectivity index (χ0v) is 16.9. The number of aromatic nitrogens is 4. The van der Waals surface area contributed by atoms with Crippen molar-refractivity contribution in [1.29, 1.82) is 0 Å². The molecule has 1 atom stereocenters. The van der Waals surface area contributed by atoms with Crippen LogP contribution in [0.3, 0.4) is 0 Å². The summed E-state index contributed by atoms with van der Waals surface area (Å²) in [7, 11) is -1.31. The molecule has 3 aromatic rings. The van der Waals surface area contributed by atoms with Crippen LogP contribution in [0.1, 0.15) is 34.2 Å². The van der Waals surface area contributed by atoms with Crippen molar-refractivity contribution in [3.63, 3.8) is 0 Å². The summed E-state index contributed by atoms with van der Waals surface area (Å²) in [6, 6.07) is 8.38. The molecular weight excluding hydrogens is 378 g/mol. The SMILES string of the molecule is CCc1c(C)nc(-n2nc(C)cc2NC(=O)c2ccccc2S(C)=O)[nH]c1=O. The number of aryl methyl sites for hydroxylation is 2. The molecule has 2 heterocycles. The molecule has 1 amide bonds. The standard InChI is InChI=1S/C19H21N5O3S/c1-5-13-12(3)20-19(22-17(13)25)24-16(10-11(2)23-24)21-18(26)14-8-6-7-9-15(14)28(4)27/h6-10H,5H2,1-4H3,(H,21,26)(H,20,22,25). The lowest BCUT2D eigenvalue weighted by molar-refractivity contribution is 0.102. The molecule has 28 heavy (non-hydrogen) atoms. The molecule has 0 bridgehead atoms. The number of rotatable bonds is 5. The molecule has 8 nitrogen and oxygen atoms in total. The lowest BCUT2D eigenvalue weighted by atomic mass is 10.2. The van der Waals surface area contributed by atoms with Gasteiger partial charge in [0.15, 0.2) is 0 Å². The molecule has 3 rings (SSSR count). The van der Waals surface area contributed by atoms with E-state index >= 15 is 0 Å². The molecule has 0 saturated carbocycles. The van der Waals surface area contributed by atoms with Gasteiger partial charge in [0.05, 0.1) is 27.0 Å². The lowest BCUT2D eigenvalue weighted by Crippen LogP contribution is -2.22. The van der Waals surface area contributed by atoms with Gasteiger partial charge in [0.1, 0.15) is 5.82 Å². The second-order valence-electron chi connectivity index (χ2n) is 6.29. The number of carbonyl (C=O) groups excluding carboxylic acids is 1. The normalized spacial score (nSPS) is 12.0.